The fraction of sp³-hybridized carbons (Fsp3) is 0.548. The zero-order chi connectivity index (χ0) is 32.7. The molecule has 43 heavy (non-hydrogen) atoms. The summed E-state index contributed by atoms with van der Waals surface area (Å²) in [6.45, 7) is 7.73. The SMILES string of the molecule is CCCC[P+](CCCC)(CCCC)Cc1ccccc1.O=C(O)c1cc(C(=O)O)cc(S(=O)(=O)O)c1.OCCOCCO. The van der Waals surface area contributed by atoms with Crippen molar-refractivity contribution >= 4 is 29.3 Å². The second-order valence-electron chi connectivity index (χ2n) is 10.1. The van der Waals surface area contributed by atoms with Crippen LogP contribution >= 0.6 is 7.26 Å². The molecule has 0 spiro atoms. The van der Waals surface area contributed by atoms with Crippen LogP contribution in [0.15, 0.2) is 53.4 Å². The first-order valence-electron chi connectivity index (χ1n) is 14.7. The van der Waals surface area contributed by atoms with Gasteiger partial charge in [0.25, 0.3) is 10.1 Å². The van der Waals surface area contributed by atoms with Gasteiger partial charge in [0.1, 0.15) is 0 Å². The second-order valence-corrected chi connectivity index (χ2v) is 15.9. The molecule has 0 saturated carbocycles. The van der Waals surface area contributed by atoms with Crippen LogP contribution in [0.2, 0.25) is 0 Å². The summed E-state index contributed by atoms with van der Waals surface area (Å²) in [5.74, 6) is -2.99. The number of carboxylic acid groups (broad SMARTS) is 2. The molecule has 2 aromatic rings. The van der Waals surface area contributed by atoms with Gasteiger partial charge in [-0.1, -0.05) is 70.4 Å². The maximum Gasteiger partial charge on any atom is 0.335 e. The first kappa shape index (κ1) is 40.6. The standard InChI is InChI=1S/C19H34P.C8H6O7S.C4H10O3/c1-4-7-15-20(16-8-5-2,17-9-6-3)18-19-13-11-10-12-14-19;9-7(10)4-1-5(8(11)12)3-6(2-4)16(13,14)15;5-1-3-7-4-2-6/h10-14H,4-9,15-18H2,1-3H3;1-3H,(H,9,10)(H,11,12)(H,13,14,15);5-6H,1-4H2/q+1;;. The first-order valence-corrected chi connectivity index (χ1v) is 18.6. The Morgan fingerprint density at radius 2 is 1.16 bits per heavy atom. The molecule has 5 N–H and O–H groups in total. The highest BCUT2D eigenvalue weighted by molar-refractivity contribution is 7.85. The number of carbonyl (C=O) groups is 2. The van der Waals surface area contributed by atoms with Gasteiger partial charge in [0.15, 0.2) is 0 Å². The van der Waals surface area contributed by atoms with Crippen molar-refractivity contribution in [1.82, 2.24) is 0 Å². The van der Waals surface area contributed by atoms with E-state index >= 15 is 0 Å². The lowest BCUT2D eigenvalue weighted by atomic mass is 10.1. The molecule has 0 aromatic heterocycles. The van der Waals surface area contributed by atoms with E-state index in [4.69, 9.17) is 25.0 Å². The summed E-state index contributed by atoms with van der Waals surface area (Å²) in [5.41, 5.74) is 0.518. The average molecular weight is 646 g/mol. The van der Waals surface area contributed by atoms with Crippen LogP contribution in [-0.2, 0) is 21.0 Å². The van der Waals surface area contributed by atoms with Gasteiger partial charge in [0.2, 0.25) is 0 Å². The molecule has 0 heterocycles. The minimum atomic E-state index is -4.64. The molecule has 0 bridgehead atoms. The predicted molar refractivity (Wildman–Crippen MR) is 172 cm³/mol. The molecule has 0 atom stereocenters. The van der Waals surface area contributed by atoms with E-state index in [9.17, 15) is 18.0 Å². The molecule has 0 fully saturated rings. The Hall–Kier alpha value is -2.40. The smallest absolute Gasteiger partial charge is 0.335 e. The van der Waals surface area contributed by atoms with Crippen LogP contribution in [0.25, 0.3) is 0 Å². The third-order valence-electron chi connectivity index (χ3n) is 6.49. The number of ether oxygens (including phenoxy) is 1. The van der Waals surface area contributed by atoms with Crippen LogP contribution in [0.5, 0.6) is 0 Å². The highest BCUT2D eigenvalue weighted by Crippen LogP contribution is 2.63. The number of carboxylic acids is 2. The van der Waals surface area contributed by atoms with Gasteiger partial charge in [-0.15, -0.1) is 0 Å². The lowest BCUT2D eigenvalue weighted by Crippen LogP contribution is -2.11. The molecule has 2 rings (SSSR count). The summed E-state index contributed by atoms with van der Waals surface area (Å²) in [5, 5.41) is 33.4. The van der Waals surface area contributed by atoms with E-state index < -0.39 is 45.3 Å². The molecule has 12 heteroatoms. The van der Waals surface area contributed by atoms with Crippen molar-refractivity contribution in [1.29, 1.82) is 0 Å². The number of hydrogen-bond acceptors (Lipinski definition) is 7. The van der Waals surface area contributed by atoms with Gasteiger partial charge < -0.3 is 25.2 Å². The van der Waals surface area contributed by atoms with Gasteiger partial charge in [-0.25, -0.2) is 9.59 Å². The molecule has 0 aliphatic carbocycles. The van der Waals surface area contributed by atoms with Crippen molar-refractivity contribution in [3.05, 3.63) is 65.2 Å². The fourth-order valence-corrected chi connectivity index (χ4v) is 9.89. The maximum absolute atomic E-state index is 10.8. The van der Waals surface area contributed by atoms with Gasteiger partial charge in [0, 0.05) is 7.26 Å². The van der Waals surface area contributed by atoms with Gasteiger partial charge in [-0.05, 0) is 43.0 Å². The third kappa shape index (κ3) is 18.1. The largest absolute Gasteiger partial charge is 0.478 e. The van der Waals surface area contributed by atoms with Gasteiger partial charge in [-0.3, -0.25) is 4.55 Å². The van der Waals surface area contributed by atoms with Crippen LogP contribution in [0.3, 0.4) is 0 Å². The Kier molecular flexibility index (Phi) is 21.8. The Bertz CT molecular complexity index is 1100. The lowest BCUT2D eigenvalue weighted by molar-refractivity contribution is 0.0650. The summed E-state index contributed by atoms with van der Waals surface area (Å²) >= 11 is 0. The number of hydrogen-bond donors (Lipinski definition) is 5. The Balaban J connectivity index is 0.000000684. The summed E-state index contributed by atoms with van der Waals surface area (Å²) in [7, 11) is -5.41. The molecular formula is C31H50O10PS+. The molecule has 0 saturated heterocycles. The van der Waals surface area contributed by atoms with Gasteiger partial charge in [0.05, 0.1) is 67.1 Å². The lowest BCUT2D eigenvalue weighted by Gasteiger charge is -2.28. The minimum Gasteiger partial charge on any atom is -0.478 e. The number of aliphatic hydroxyl groups is 2. The molecule has 244 valence electrons. The predicted octanol–water partition coefficient (Wildman–Crippen LogP) is 5.92. The van der Waals surface area contributed by atoms with Crippen LogP contribution in [0.1, 0.15) is 85.6 Å². The summed E-state index contributed by atoms with van der Waals surface area (Å²) < 4.78 is 34.8. The minimum absolute atomic E-state index is 0.0278. The van der Waals surface area contributed by atoms with E-state index in [-0.39, 0.29) is 13.2 Å². The zero-order valence-electron chi connectivity index (χ0n) is 25.7. The molecule has 0 unspecified atom stereocenters. The Morgan fingerprint density at radius 3 is 1.49 bits per heavy atom. The van der Waals surface area contributed by atoms with E-state index in [0.29, 0.717) is 25.3 Å². The van der Waals surface area contributed by atoms with Crippen molar-refractivity contribution in [3.63, 3.8) is 0 Å². The van der Waals surface area contributed by atoms with Crippen molar-refractivity contribution < 1.29 is 47.7 Å². The van der Waals surface area contributed by atoms with Crippen LogP contribution in [0.4, 0.5) is 0 Å². The van der Waals surface area contributed by atoms with E-state index in [1.165, 1.54) is 63.2 Å². The monoisotopic (exact) mass is 645 g/mol. The van der Waals surface area contributed by atoms with E-state index in [1.807, 2.05) is 0 Å². The fourth-order valence-electron chi connectivity index (χ4n) is 4.25. The molecule has 10 nitrogen and oxygen atoms in total. The second kappa shape index (κ2) is 23.0. The Labute approximate surface area is 257 Å². The Morgan fingerprint density at radius 1 is 0.744 bits per heavy atom. The maximum atomic E-state index is 10.8. The number of rotatable bonds is 18. The van der Waals surface area contributed by atoms with Crippen molar-refractivity contribution in [2.45, 2.75) is 70.4 Å². The molecular weight excluding hydrogens is 595 g/mol. The summed E-state index contributed by atoms with van der Waals surface area (Å²) in [4.78, 5) is 20.4. The molecule has 0 radical (unpaired) electrons. The normalized spacial score (nSPS) is 11.1. The van der Waals surface area contributed by atoms with Crippen molar-refractivity contribution in [2.75, 3.05) is 44.9 Å². The molecule has 0 amide bonds. The van der Waals surface area contributed by atoms with Gasteiger partial charge >= 0.3 is 11.9 Å². The quantitative estimate of drug-likeness (QED) is 0.0742. The van der Waals surface area contributed by atoms with Crippen molar-refractivity contribution in [3.8, 4) is 0 Å². The molecule has 2 aromatic carbocycles. The van der Waals surface area contributed by atoms with E-state index in [0.717, 1.165) is 6.07 Å². The average Bonchev–Trinajstić information content (AvgIpc) is 2.98. The summed E-state index contributed by atoms with van der Waals surface area (Å²) in [6.07, 6.45) is 14.4. The zero-order valence-corrected chi connectivity index (χ0v) is 27.4. The van der Waals surface area contributed by atoms with Gasteiger partial charge in [-0.2, -0.15) is 8.42 Å². The number of aromatic carboxylic acids is 2. The summed E-state index contributed by atoms with van der Waals surface area (Å²) in [6, 6.07) is 13.4. The topological polar surface area (TPSA) is 179 Å². The number of benzene rings is 2. The van der Waals surface area contributed by atoms with Crippen LogP contribution in [-0.4, -0.2) is 90.2 Å². The highest BCUT2D eigenvalue weighted by atomic mass is 32.2. The first-order chi connectivity index (χ1) is 20.4. The molecule has 0 aliphatic rings. The van der Waals surface area contributed by atoms with Crippen LogP contribution < -0.4 is 0 Å². The highest BCUT2D eigenvalue weighted by Gasteiger charge is 2.35. The number of unbranched alkanes of at least 4 members (excludes halogenated alkanes) is 3. The van der Waals surface area contributed by atoms with E-state index in [2.05, 4.69) is 55.8 Å². The number of aliphatic hydroxyl groups excluding tert-OH is 2. The van der Waals surface area contributed by atoms with E-state index in [1.54, 1.807) is 5.56 Å². The van der Waals surface area contributed by atoms with Crippen LogP contribution in [0, 0.1) is 0 Å². The van der Waals surface area contributed by atoms with Crippen molar-refractivity contribution in [2.24, 2.45) is 0 Å². The molecule has 0 aliphatic heterocycles. The third-order valence-corrected chi connectivity index (χ3v) is 12.2.